The standard InChI is InChI=1S/C12H24O6/c13-17-15-12(16-18-14)10-8-6-4-2-1-3-5-7-9-11-12/h13-14H,1-11H2. The van der Waals surface area contributed by atoms with E-state index in [-0.39, 0.29) is 0 Å². The van der Waals surface area contributed by atoms with Gasteiger partial charge < -0.3 is 0 Å². The fraction of sp³-hybridized carbons (Fsp3) is 1.00. The molecule has 0 heterocycles. The second kappa shape index (κ2) is 9.66. The molecule has 0 bridgehead atoms. The van der Waals surface area contributed by atoms with Gasteiger partial charge in [-0.05, 0) is 12.8 Å². The van der Waals surface area contributed by atoms with Gasteiger partial charge in [-0.15, -0.1) is 0 Å². The molecule has 0 aromatic heterocycles. The Bertz CT molecular complexity index is 179. The van der Waals surface area contributed by atoms with Crippen molar-refractivity contribution in [2.75, 3.05) is 0 Å². The van der Waals surface area contributed by atoms with Crippen molar-refractivity contribution in [3.05, 3.63) is 0 Å². The summed E-state index contributed by atoms with van der Waals surface area (Å²) in [5, 5.41) is 24.4. The molecule has 1 aliphatic rings. The third kappa shape index (κ3) is 6.08. The van der Waals surface area contributed by atoms with Crippen LogP contribution in [-0.2, 0) is 19.9 Å². The van der Waals surface area contributed by atoms with E-state index in [1.54, 1.807) is 0 Å². The molecule has 1 saturated carbocycles. The second-order valence-corrected chi connectivity index (χ2v) is 4.91. The van der Waals surface area contributed by atoms with E-state index >= 15 is 0 Å². The molecule has 1 rings (SSSR count). The van der Waals surface area contributed by atoms with Gasteiger partial charge in [0.05, 0.1) is 0 Å². The summed E-state index contributed by atoms with van der Waals surface area (Å²) in [6.45, 7) is 0. The van der Waals surface area contributed by atoms with E-state index in [9.17, 15) is 0 Å². The van der Waals surface area contributed by atoms with Crippen molar-refractivity contribution in [1.29, 1.82) is 0 Å². The first-order valence-corrected chi connectivity index (χ1v) is 6.81. The predicted molar refractivity (Wildman–Crippen MR) is 63.1 cm³/mol. The van der Waals surface area contributed by atoms with Crippen LogP contribution in [0.3, 0.4) is 0 Å². The van der Waals surface area contributed by atoms with E-state index in [1.165, 1.54) is 32.1 Å². The smallest absolute Gasteiger partial charge is 0.221 e. The summed E-state index contributed by atoms with van der Waals surface area (Å²) in [5.41, 5.74) is 0. The molecule has 0 saturated heterocycles. The molecule has 0 aliphatic heterocycles. The van der Waals surface area contributed by atoms with E-state index in [0.29, 0.717) is 12.8 Å². The molecule has 6 nitrogen and oxygen atoms in total. The van der Waals surface area contributed by atoms with Gasteiger partial charge in [0.15, 0.2) is 0 Å². The van der Waals surface area contributed by atoms with Crippen molar-refractivity contribution in [2.24, 2.45) is 0 Å². The van der Waals surface area contributed by atoms with Crippen molar-refractivity contribution < 1.29 is 30.4 Å². The van der Waals surface area contributed by atoms with Gasteiger partial charge in [0.1, 0.15) is 0 Å². The van der Waals surface area contributed by atoms with E-state index in [4.69, 9.17) is 20.3 Å². The summed E-state index contributed by atoms with van der Waals surface area (Å²) >= 11 is 0. The Balaban J connectivity index is 2.51. The monoisotopic (exact) mass is 264 g/mol. The lowest BCUT2D eigenvalue weighted by Gasteiger charge is -2.28. The van der Waals surface area contributed by atoms with Crippen molar-refractivity contribution in [2.45, 2.75) is 76.4 Å². The van der Waals surface area contributed by atoms with Gasteiger partial charge in [-0.3, -0.25) is 0 Å². The van der Waals surface area contributed by atoms with Crippen LogP contribution in [0, 0.1) is 0 Å². The van der Waals surface area contributed by atoms with Crippen molar-refractivity contribution in [1.82, 2.24) is 0 Å². The number of hydrogen-bond acceptors (Lipinski definition) is 6. The van der Waals surface area contributed by atoms with Gasteiger partial charge in [-0.2, -0.15) is 9.78 Å². The molecule has 2 N–H and O–H groups in total. The fourth-order valence-corrected chi connectivity index (χ4v) is 2.47. The van der Waals surface area contributed by atoms with E-state index in [0.717, 1.165) is 25.7 Å². The van der Waals surface area contributed by atoms with Gasteiger partial charge in [-0.25, -0.2) is 10.5 Å². The molecule has 18 heavy (non-hydrogen) atoms. The average molecular weight is 264 g/mol. The van der Waals surface area contributed by atoms with E-state index in [2.05, 4.69) is 10.1 Å². The summed E-state index contributed by atoms with van der Waals surface area (Å²) in [6, 6.07) is 0. The molecule has 0 atom stereocenters. The lowest BCUT2D eigenvalue weighted by Crippen LogP contribution is -2.36. The maximum atomic E-state index is 8.46. The summed E-state index contributed by atoms with van der Waals surface area (Å²) in [7, 11) is 0. The van der Waals surface area contributed by atoms with E-state index in [1.807, 2.05) is 0 Å². The van der Waals surface area contributed by atoms with Gasteiger partial charge in [0, 0.05) is 12.8 Å². The Labute approximate surface area is 108 Å². The Morgan fingerprint density at radius 2 is 0.889 bits per heavy atom. The quantitative estimate of drug-likeness (QED) is 0.456. The first kappa shape index (κ1) is 15.8. The molecule has 6 heteroatoms. The lowest BCUT2D eigenvalue weighted by molar-refractivity contribution is -0.635. The van der Waals surface area contributed by atoms with Gasteiger partial charge in [-0.1, -0.05) is 55.0 Å². The van der Waals surface area contributed by atoms with Crippen molar-refractivity contribution >= 4 is 0 Å². The lowest BCUT2D eigenvalue weighted by atomic mass is 9.97. The second-order valence-electron chi connectivity index (χ2n) is 4.91. The Hall–Kier alpha value is -0.240. The zero-order valence-electron chi connectivity index (χ0n) is 10.8. The topological polar surface area (TPSA) is 77.4 Å². The normalized spacial score (nSPS) is 23.0. The molecule has 0 amide bonds. The van der Waals surface area contributed by atoms with Crippen LogP contribution in [0.25, 0.3) is 0 Å². The molecule has 0 radical (unpaired) electrons. The maximum absolute atomic E-state index is 8.46. The molecule has 0 spiro atoms. The Morgan fingerprint density at radius 1 is 0.556 bits per heavy atom. The highest BCUT2D eigenvalue weighted by molar-refractivity contribution is 4.68. The molecule has 108 valence electrons. The van der Waals surface area contributed by atoms with Crippen LogP contribution in [0.5, 0.6) is 0 Å². The fourth-order valence-electron chi connectivity index (χ4n) is 2.47. The molecule has 0 aromatic rings. The van der Waals surface area contributed by atoms with Gasteiger partial charge in [0.25, 0.3) is 0 Å². The van der Waals surface area contributed by atoms with Crippen LogP contribution in [0.1, 0.15) is 70.6 Å². The minimum absolute atomic E-state index is 0.508. The number of rotatable bonds is 4. The molecular formula is C12H24O6. The highest BCUT2D eigenvalue weighted by atomic mass is 17.5. The van der Waals surface area contributed by atoms with Crippen LogP contribution < -0.4 is 0 Å². The first-order chi connectivity index (χ1) is 8.83. The summed E-state index contributed by atoms with van der Waals surface area (Å²) in [4.78, 5) is 9.53. The molecule has 0 aromatic carbocycles. The zero-order chi connectivity index (χ0) is 13.1. The van der Waals surface area contributed by atoms with E-state index < -0.39 is 5.79 Å². The van der Waals surface area contributed by atoms with Crippen molar-refractivity contribution in [3.8, 4) is 0 Å². The third-order valence-corrected chi connectivity index (χ3v) is 3.49. The largest absolute Gasteiger partial charge is 0.240 e. The van der Waals surface area contributed by atoms with Crippen LogP contribution in [0.15, 0.2) is 0 Å². The summed E-state index contributed by atoms with van der Waals surface area (Å²) in [6.07, 6.45) is 11.0. The minimum Gasteiger partial charge on any atom is -0.221 e. The molecule has 1 aliphatic carbocycles. The highest BCUT2D eigenvalue weighted by Gasteiger charge is 2.35. The first-order valence-electron chi connectivity index (χ1n) is 6.81. The predicted octanol–water partition coefficient (Wildman–Crippen LogP) is 3.83. The Kier molecular flexibility index (Phi) is 8.49. The molecule has 1 fully saturated rings. The van der Waals surface area contributed by atoms with Gasteiger partial charge in [0.2, 0.25) is 5.79 Å². The SMILES string of the molecule is OOOC1(OOO)CCCCCCCCCCC1. The number of hydrogen-bond donors (Lipinski definition) is 2. The van der Waals surface area contributed by atoms with Crippen LogP contribution in [0.2, 0.25) is 0 Å². The van der Waals surface area contributed by atoms with Gasteiger partial charge >= 0.3 is 0 Å². The maximum Gasteiger partial charge on any atom is 0.240 e. The molecule has 0 unspecified atom stereocenters. The Morgan fingerprint density at radius 3 is 1.22 bits per heavy atom. The van der Waals surface area contributed by atoms with Crippen molar-refractivity contribution in [3.63, 3.8) is 0 Å². The molecular weight excluding hydrogens is 240 g/mol. The summed E-state index contributed by atoms with van der Waals surface area (Å²) in [5.74, 6) is -1.22. The summed E-state index contributed by atoms with van der Waals surface area (Å²) < 4.78 is 0. The van der Waals surface area contributed by atoms with Crippen LogP contribution in [-0.4, -0.2) is 16.3 Å². The van der Waals surface area contributed by atoms with Crippen LogP contribution >= 0.6 is 0 Å². The average Bonchev–Trinajstić information content (AvgIpc) is 2.34. The highest BCUT2D eigenvalue weighted by Crippen LogP contribution is 2.29. The minimum atomic E-state index is -1.22. The third-order valence-electron chi connectivity index (χ3n) is 3.49. The zero-order valence-corrected chi connectivity index (χ0v) is 10.8. The van der Waals surface area contributed by atoms with Crippen LogP contribution in [0.4, 0.5) is 0 Å².